The smallest absolute Gasteiger partial charge is 0.326 e. The first-order chi connectivity index (χ1) is 15.6. The summed E-state index contributed by atoms with van der Waals surface area (Å²) < 4.78 is 0. The minimum absolute atomic E-state index is 0.0661. The number of carbonyl (C=O) groups is 4. The molecule has 2 fully saturated rings. The van der Waals surface area contributed by atoms with Gasteiger partial charge in [-0.3, -0.25) is 19.4 Å². The average Bonchev–Trinajstić information content (AvgIpc) is 3.36. The van der Waals surface area contributed by atoms with E-state index in [2.05, 4.69) is 27.2 Å². The summed E-state index contributed by atoms with van der Waals surface area (Å²) in [5.74, 6) is -2.83. The molecule has 33 heavy (non-hydrogen) atoms. The molecule has 1 saturated carbocycles. The van der Waals surface area contributed by atoms with E-state index in [1.165, 1.54) is 23.5 Å². The van der Waals surface area contributed by atoms with Gasteiger partial charge >= 0.3 is 5.97 Å². The van der Waals surface area contributed by atoms with Gasteiger partial charge in [-0.2, -0.15) is 0 Å². The summed E-state index contributed by atoms with van der Waals surface area (Å²) in [5.41, 5.74) is 0.452. The lowest BCUT2D eigenvalue weighted by molar-refractivity contribution is -0.150. The number of aliphatic carboxylic acids is 1. The molecule has 178 valence electrons. The molecule has 0 radical (unpaired) electrons. The van der Waals surface area contributed by atoms with Gasteiger partial charge in [0.05, 0.1) is 6.20 Å². The summed E-state index contributed by atoms with van der Waals surface area (Å²) in [6.07, 6.45) is 6.73. The standard InChI is InChI=1S/C23H31N5O5/c1-12(2)17(26-20(29)16-10-24-8-9-25-16)21(30)27-18(13(3)4)22(31)28-11-14-6-5-7-15(14)19(28)23(32)33/h8-10,12,14-15,17-19H,3,5-7,11H2,1-2,4H3,(H,26,29)(H,27,30)(H,32,33)/t14-,15-,17-,18-,19?/m0/s1. The highest BCUT2D eigenvalue weighted by molar-refractivity contribution is 5.98. The third kappa shape index (κ3) is 5.20. The minimum atomic E-state index is -1.09. The van der Waals surface area contributed by atoms with Gasteiger partial charge in [0.2, 0.25) is 11.8 Å². The van der Waals surface area contributed by atoms with Crippen LogP contribution >= 0.6 is 0 Å². The Morgan fingerprint density at radius 1 is 1.18 bits per heavy atom. The van der Waals surface area contributed by atoms with Gasteiger partial charge in [-0.25, -0.2) is 9.78 Å². The molecule has 1 aliphatic carbocycles. The number of nitrogens with one attached hydrogen (secondary N) is 2. The van der Waals surface area contributed by atoms with Crippen molar-refractivity contribution in [3.8, 4) is 0 Å². The number of nitrogens with zero attached hydrogens (tertiary/aromatic N) is 3. The number of carbonyl (C=O) groups excluding carboxylic acids is 3. The maximum Gasteiger partial charge on any atom is 0.326 e. The third-order valence-corrected chi connectivity index (χ3v) is 6.48. The fourth-order valence-electron chi connectivity index (χ4n) is 4.81. The molecule has 0 bridgehead atoms. The van der Waals surface area contributed by atoms with Crippen molar-refractivity contribution in [2.24, 2.45) is 17.8 Å². The molecule has 10 nitrogen and oxygen atoms in total. The normalized spacial score (nSPS) is 23.5. The first-order valence-electron chi connectivity index (χ1n) is 11.2. The summed E-state index contributed by atoms with van der Waals surface area (Å²) in [5, 5.41) is 15.1. The number of fused-ring (bicyclic) bond motifs is 1. The third-order valence-electron chi connectivity index (χ3n) is 6.48. The SMILES string of the molecule is C=C(C)[C@H](NC(=O)[C@@H](NC(=O)c1cnccn1)C(C)C)C(=O)N1C[C@@H]2CCC[C@@H]2C1C(=O)O. The molecule has 1 saturated heterocycles. The van der Waals surface area contributed by atoms with Crippen molar-refractivity contribution >= 4 is 23.7 Å². The highest BCUT2D eigenvalue weighted by Gasteiger charge is 2.50. The van der Waals surface area contributed by atoms with Crippen LogP contribution in [0.2, 0.25) is 0 Å². The van der Waals surface area contributed by atoms with Crippen LogP contribution in [0.15, 0.2) is 30.7 Å². The van der Waals surface area contributed by atoms with Crippen LogP contribution in [0, 0.1) is 17.8 Å². The van der Waals surface area contributed by atoms with Crippen LogP contribution < -0.4 is 10.6 Å². The fourth-order valence-corrected chi connectivity index (χ4v) is 4.81. The number of hydrogen-bond donors (Lipinski definition) is 3. The van der Waals surface area contributed by atoms with E-state index >= 15 is 0 Å². The van der Waals surface area contributed by atoms with Gasteiger partial charge in [0.1, 0.15) is 23.8 Å². The largest absolute Gasteiger partial charge is 0.480 e. The molecule has 1 aliphatic heterocycles. The monoisotopic (exact) mass is 457 g/mol. The highest BCUT2D eigenvalue weighted by atomic mass is 16.4. The topological polar surface area (TPSA) is 142 Å². The van der Waals surface area contributed by atoms with E-state index in [1.807, 2.05) is 0 Å². The van der Waals surface area contributed by atoms with Crippen LogP contribution in [0.25, 0.3) is 0 Å². The second kappa shape index (κ2) is 10.1. The van der Waals surface area contributed by atoms with Gasteiger partial charge in [0.25, 0.3) is 5.91 Å². The van der Waals surface area contributed by atoms with Crippen molar-refractivity contribution in [1.82, 2.24) is 25.5 Å². The molecular weight excluding hydrogens is 426 g/mol. The van der Waals surface area contributed by atoms with Crippen molar-refractivity contribution in [3.05, 3.63) is 36.4 Å². The molecule has 3 rings (SSSR count). The average molecular weight is 458 g/mol. The molecule has 3 amide bonds. The molecule has 1 aromatic heterocycles. The summed E-state index contributed by atoms with van der Waals surface area (Å²) in [6, 6.07) is -2.93. The van der Waals surface area contributed by atoms with Gasteiger partial charge in [-0.05, 0) is 43.1 Å². The zero-order valence-electron chi connectivity index (χ0n) is 19.2. The molecule has 5 atom stereocenters. The van der Waals surface area contributed by atoms with Crippen molar-refractivity contribution < 1.29 is 24.3 Å². The van der Waals surface area contributed by atoms with Crippen molar-refractivity contribution in [3.63, 3.8) is 0 Å². The molecule has 2 heterocycles. The van der Waals surface area contributed by atoms with Gasteiger partial charge in [-0.1, -0.05) is 26.8 Å². The minimum Gasteiger partial charge on any atom is -0.480 e. The Morgan fingerprint density at radius 3 is 2.48 bits per heavy atom. The van der Waals surface area contributed by atoms with Crippen LogP contribution in [0.1, 0.15) is 50.5 Å². The van der Waals surface area contributed by atoms with E-state index in [0.717, 1.165) is 19.3 Å². The zero-order valence-corrected chi connectivity index (χ0v) is 19.2. The first kappa shape index (κ1) is 24.3. The van der Waals surface area contributed by atoms with Crippen molar-refractivity contribution in [2.45, 2.75) is 58.2 Å². The summed E-state index contributed by atoms with van der Waals surface area (Å²) >= 11 is 0. The number of carboxylic acid groups (broad SMARTS) is 1. The molecular formula is C23H31N5O5. The predicted molar refractivity (Wildman–Crippen MR) is 119 cm³/mol. The van der Waals surface area contributed by atoms with Crippen LogP contribution in [-0.4, -0.2) is 68.3 Å². The molecule has 1 unspecified atom stereocenters. The number of aromatic nitrogens is 2. The number of amides is 3. The van der Waals surface area contributed by atoms with Gasteiger partial charge in [-0.15, -0.1) is 0 Å². The van der Waals surface area contributed by atoms with E-state index in [4.69, 9.17) is 0 Å². The van der Waals surface area contributed by atoms with E-state index in [1.54, 1.807) is 20.8 Å². The second-order valence-electron chi connectivity index (χ2n) is 9.20. The predicted octanol–water partition coefficient (Wildman–Crippen LogP) is 1.00. The van der Waals surface area contributed by atoms with Crippen LogP contribution in [0.4, 0.5) is 0 Å². The van der Waals surface area contributed by atoms with Gasteiger partial charge in [0.15, 0.2) is 0 Å². The summed E-state index contributed by atoms with van der Waals surface area (Å²) in [6.45, 7) is 9.34. The summed E-state index contributed by atoms with van der Waals surface area (Å²) in [7, 11) is 0. The van der Waals surface area contributed by atoms with Crippen molar-refractivity contribution in [2.75, 3.05) is 6.54 Å². The number of carboxylic acids is 1. The Labute approximate surface area is 192 Å². The molecule has 2 aliphatic rings. The van der Waals surface area contributed by atoms with Crippen LogP contribution in [0.5, 0.6) is 0 Å². The Balaban J connectivity index is 1.75. The Bertz CT molecular complexity index is 934. The van der Waals surface area contributed by atoms with Crippen LogP contribution in [-0.2, 0) is 14.4 Å². The quantitative estimate of drug-likeness (QED) is 0.495. The molecule has 0 spiro atoms. The lowest BCUT2D eigenvalue weighted by Crippen LogP contribution is -2.57. The lowest BCUT2D eigenvalue weighted by Gasteiger charge is -2.30. The maximum atomic E-state index is 13.4. The lowest BCUT2D eigenvalue weighted by atomic mass is 9.94. The zero-order chi connectivity index (χ0) is 24.3. The Kier molecular flexibility index (Phi) is 7.45. The van der Waals surface area contributed by atoms with E-state index in [9.17, 15) is 24.3 Å². The van der Waals surface area contributed by atoms with E-state index in [-0.39, 0.29) is 23.4 Å². The first-order valence-corrected chi connectivity index (χ1v) is 11.2. The number of likely N-dealkylation sites (tertiary alicyclic amines) is 1. The number of rotatable bonds is 8. The molecule has 0 aromatic carbocycles. The van der Waals surface area contributed by atoms with E-state index in [0.29, 0.717) is 12.1 Å². The van der Waals surface area contributed by atoms with Crippen LogP contribution in [0.3, 0.4) is 0 Å². The van der Waals surface area contributed by atoms with Gasteiger partial charge < -0.3 is 20.6 Å². The maximum absolute atomic E-state index is 13.4. The van der Waals surface area contributed by atoms with Crippen molar-refractivity contribution in [1.29, 1.82) is 0 Å². The number of hydrogen-bond acceptors (Lipinski definition) is 6. The fraction of sp³-hybridized carbons (Fsp3) is 0.565. The second-order valence-corrected chi connectivity index (χ2v) is 9.20. The van der Waals surface area contributed by atoms with E-state index < -0.39 is 41.8 Å². The van der Waals surface area contributed by atoms with Gasteiger partial charge in [0, 0.05) is 18.9 Å². The highest BCUT2D eigenvalue weighted by Crippen LogP contribution is 2.42. The Morgan fingerprint density at radius 2 is 1.91 bits per heavy atom. The Hall–Kier alpha value is -3.30. The molecule has 10 heteroatoms. The molecule has 3 N–H and O–H groups in total. The summed E-state index contributed by atoms with van der Waals surface area (Å²) in [4.78, 5) is 60.1. The molecule has 1 aromatic rings.